The number of rotatable bonds is 3. The van der Waals surface area contributed by atoms with Crippen molar-refractivity contribution in [2.45, 2.75) is 0 Å². The summed E-state index contributed by atoms with van der Waals surface area (Å²) in [7, 11) is 1.53. The van der Waals surface area contributed by atoms with Gasteiger partial charge in [-0.25, -0.2) is 4.98 Å². The van der Waals surface area contributed by atoms with E-state index in [9.17, 15) is 10.3 Å². The minimum atomic E-state index is -0.00683. The van der Waals surface area contributed by atoms with Crippen molar-refractivity contribution >= 4 is 27.6 Å². The van der Waals surface area contributed by atoms with Gasteiger partial charge in [-0.3, -0.25) is 0 Å². The van der Waals surface area contributed by atoms with Gasteiger partial charge in [0.1, 0.15) is 22.9 Å². The summed E-state index contributed by atoms with van der Waals surface area (Å²) in [5.74, 6) is 0.544. The molecule has 0 radical (unpaired) electrons. The van der Waals surface area contributed by atoms with Gasteiger partial charge in [-0.2, -0.15) is 0 Å². The number of phenolic OH excluding ortho intramolecular Hbond substituents is 1. The SMILES string of the molecule is COc1ccc(O)c(/C(=N/O)c2cnc3[nH]c4ccccc4c3c2)c1. The van der Waals surface area contributed by atoms with Crippen LogP contribution in [0.1, 0.15) is 11.1 Å². The smallest absolute Gasteiger partial charge is 0.138 e. The molecular weight excluding hydrogens is 318 g/mol. The second kappa shape index (κ2) is 5.83. The number of nitrogens with one attached hydrogen (secondary N) is 1. The van der Waals surface area contributed by atoms with E-state index in [2.05, 4.69) is 15.1 Å². The van der Waals surface area contributed by atoms with Crippen molar-refractivity contribution in [2.75, 3.05) is 7.11 Å². The number of hydrogen-bond donors (Lipinski definition) is 3. The van der Waals surface area contributed by atoms with Crippen molar-refractivity contribution in [3.63, 3.8) is 0 Å². The number of aromatic amines is 1. The maximum atomic E-state index is 10.2. The highest BCUT2D eigenvalue weighted by molar-refractivity contribution is 6.16. The average Bonchev–Trinajstić information content (AvgIpc) is 3.02. The highest BCUT2D eigenvalue weighted by atomic mass is 16.5. The highest BCUT2D eigenvalue weighted by Gasteiger charge is 2.16. The van der Waals surface area contributed by atoms with E-state index in [0.29, 0.717) is 16.9 Å². The number of para-hydroxylation sites is 1. The zero-order chi connectivity index (χ0) is 17.4. The summed E-state index contributed by atoms with van der Waals surface area (Å²) in [6, 6.07) is 14.5. The Kier molecular flexibility index (Phi) is 3.50. The summed E-state index contributed by atoms with van der Waals surface area (Å²) in [5, 5.41) is 25.0. The van der Waals surface area contributed by atoms with E-state index in [0.717, 1.165) is 21.9 Å². The van der Waals surface area contributed by atoms with Crippen LogP contribution in [0.15, 0.2) is 59.9 Å². The Morgan fingerprint density at radius 1 is 1.12 bits per heavy atom. The van der Waals surface area contributed by atoms with E-state index < -0.39 is 0 Å². The number of H-pyrrole nitrogens is 1. The van der Waals surface area contributed by atoms with Crippen LogP contribution in [0, 0.1) is 0 Å². The molecule has 25 heavy (non-hydrogen) atoms. The van der Waals surface area contributed by atoms with Crippen molar-refractivity contribution in [2.24, 2.45) is 5.16 Å². The molecule has 6 heteroatoms. The number of fused-ring (bicyclic) bond motifs is 3. The van der Waals surface area contributed by atoms with Crippen LogP contribution in [0.3, 0.4) is 0 Å². The zero-order valence-corrected chi connectivity index (χ0v) is 13.4. The lowest BCUT2D eigenvalue weighted by molar-refractivity contribution is 0.319. The van der Waals surface area contributed by atoms with Crippen LogP contribution in [-0.4, -0.2) is 33.1 Å². The first-order valence-corrected chi connectivity index (χ1v) is 7.67. The predicted molar refractivity (Wildman–Crippen MR) is 95.7 cm³/mol. The number of aromatic nitrogens is 2. The number of aromatic hydroxyl groups is 1. The van der Waals surface area contributed by atoms with Crippen molar-refractivity contribution in [3.8, 4) is 11.5 Å². The fourth-order valence-electron chi connectivity index (χ4n) is 2.95. The number of methoxy groups -OCH3 is 1. The van der Waals surface area contributed by atoms with Gasteiger partial charge in [0.15, 0.2) is 0 Å². The van der Waals surface area contributed by atoms with Gasteiger partial charge >= 0.3 is 0 Å². The summed E-state index contributed by atoms with van der Waals surface area (Å²) >= 11 is 0. The molecular formula is C19H15N3O3. The Balaban J connectivity index is 1.91. The molecule has 0 aliphatic carbocycles. The molecule has 0 amide bonds. The first-order valence-electron chi connectivity index (χ1n) is 7.67. The first kappa shape index (κ1) is 15.0. The zero-order valence-electron chi connectivity index (χ0n) is 13.4. The second-order valence-corrected chi connectivity index (χ2v) is 5.62. The standard InChI is InChI=1S/C19H15N3O3/c1-25-12-6-7-17(23)15(9-12)18(22-24)11-8-14-13-4-2-3-5-16(13)21-19(14)20-10-11/h2-10,23-24H,1H3,(H,20,21)/b22-18+. The Labute approximate surface area is 143 Å². The number of oxime groups is 1. The molecule has 6 nitrogen and oxygen atoms in total. The minimum absolute atomic E-state index is 0.00683. The normalized spacial score (nSPS) is 12.0. The number of nitrogens with zero attached hydrogens (tertiary/aromatic N) is 2. The highest BCUT2D eigenvalue weighted by Crippen LogP contribution is 2.29. The molecule has 0 atom stereocenters. The molecule has 2 aromatic carbocycles. The molecule has 0 aliphatic heterocycles. The topological polar surface area (TPSA) is 90.7 Å². The fourth-order valence-corrected chi connectivity index (χ4v) is 2.95. The van der Waals surface area contributed by atoms with Crippen LogP contribution < -0.4 is 4.74 Å². The van der Waals surface area contributed by atoms with Crippen LogP contribution in [0.5, 0.6) is 11.5 Å². The lowest BCUT2D eigenvalue weighted by Crippen LogP contribution is -2.05. The number of pyridine rings is 1. The van der Waals surface area contributed by atoms with Crippen LogP contribution in [0.2, 0.25) is 0 Å². The molecule has 0 saturated carbocycles. The summed E-state index contributed by atoms with van der Waals surface area (Å²) in [6.07, 6.45) is 1.60. The third-order valence-corrected chi connectivity index (χ3v) is 4.19. The summed E-state index contributed by atoms with van der Waals surface area (Å²) < 4.78 is 5.19. The van der Waals surface area contributed by atoms with Gasteiger partial charge in [0.05, 0.1) is 7.11 Å². The Bertz CT molecular complexity index is 1120. The van der Waals surface area contributed by atoms with Gasteiger partial charge in [-0.05, 0) is 30.3 Å². The van der Waals surface area contributed by atoms with E-state index in [4.69, 9.17) is 4.74 Å². The molecule has 0 spiro atoms. The van der Waals surface area contributed by atoms with Crippen molar-refractivity contribution in [1.29, 1.82) is 0 Å². The average molecular weight is 333 g/mol. The number of ether oxygens (including phenoxy) is 1. The van der Waals surface area contributed by atoms with Gasteiger partial charge in [0, 0.05) is 33.6 Å². The fraction of sp³-hybridized carbons (Fsp3) is 0.0526. The third-order valence-electron chi connectivity index (χ3n) is 4.19. The Hall–Kier alpha value is -3.54. The Morgan fingerprint density at radius 3 is 2.76 bits per heavy atom. The van der Waals surface area contributed by atoms with Crippen molar-refractivity contribution in [3.05, 3.63) is 65.9 Å². The maximum absolute atomic E-state index is 10.2. The molecule has 0 unspecified atom stereocenters. The number of hydrogen-bond acceptors (Lipinski definition) is 5. The molecule has 0 saturated heterocycles. The predicted octanol–water partition coefficient (Wildman–Crippen LogP) is 3.66. The Morgan fingerprint density at radius 2 is 1.96 bits per heavy atom. The van der Waals surface area contributed by atoms with Gasteiger partial charge < -0.3 is 20.0 Å². The molecule has 0 fully saturated rings. The van der Waals surface area contributed by atoms with E-state index in [1.54, 1.807) is 18.3 Å². The van der Waals surface area contributed by atoms with E-state index in [1.807, 2.05) is 30.3 Å². The van der Waals surface area contributed by atoms with Gasteiger partial charge in [0.2, 0.25) is 0 Å². The van der Waals surface area contributed by atoms with Crippen molar-refractivity contribution < 1.29 is 15.1 Å². The van der Waals surface area contributed by atoms with E-state index in [-0.39, 0.29) is 11.5 Å². The monoisotopic (exact) mass is 333 g/mol. The summed E-state index contributed by atoms with van der Waals surface area (Å²) in [6.45, 7) is 0. The van der Waals surface area contributed by atoms with Crippen molar-refractivity contribution in [1.82, 2.24) is 9.97 Å². The van der Waals surface area contributed by atoms with E-state index in [1.165, 1.54) is 13.2 Å². The molecule has 4 rings (SSSR count). The largest absolute Gasteiger partial charge is 0.507 e. The van der Waals surface area contributed by atoms with Crippen LogP contribution in [-0.2, 0) is 0 Å². The molecule has 124 valence electrons. The minimum Gasteiger partial charge on any atom is -0.507 e. The van der Waals surface area contributed by atoms with Crippen LogP contribution in [0.25, 0.3) is 21.9 Å². The van der Waals surface area contributed by atoms with E-state index >= 15 is 0 Å². The maximum Gasteiger partial charge on any atom is 0.138 e. The lowest BCUT2D eigenvalue weighted by atomic mass is 10.0. The number of phenols is 1. The van der Waals surface area contributed by atoms with Gasteiger partial charge in [0.25, 0.3) is 0 Å². The molecule has 3 N–H and O–H groups in total. The van der Waals surface area contributed by atoms with Crippen LogP contribution >= 0.6 is 0 Å². The molecule has 2 heterocycles. The quantitative estimate of drug-likeness (QED) is 0.303. The third kappa shape index (κ3) is 2.44. The van der Waals surface area contributed by atoms with Gasteiger partial charge in [-0.1, -0.05) is 23.4 Å². The summed E-state index contributed by atoms with van der Waals surface area (Å²) in [5.41, 5.74) is 2.90. The number of benzene rings is 2. The molecule has 4 aromatic rings. The molecule has 2 aromatic heterocycles. The van der Waals surface area contributed by atoms with Crippen LogP contribution in [0.4, 0.5) is 0 Å². The summed E-state index contributed by atoms with van der Waals surface area (Å²) in [4.78, 5) is 7.67. The lowest BCUT2D eigenvalue weighted by Gasteiger charge is -2.09. The molecule has 0 bridgehead atoms. The second-order valence-electron chi connectivity index (χ2n) is 5.62. The van der Waals surface area contributed by atoms with Gasteiger partial charge in [-0.15, -0.1) is 0 Å². The first-order chi connectivity index (χ1) is 12.2. The molecule has 0 aliphatic rings.